The summed E-state index contributed by atoms with van der Waals surface area (Å²) >= 11 is 5.56. The summed E-state index contributed by atoms with van der Waals surface area (Å²) in [6.45, 7) is -1.26. The first-order valence-electron chi connectivity index (χ1n) is 4.80. The largest absolute Gasteiger partial charge is 0.406 e. The number of halogens is 4. The van der Waals surface area contributed by atoms with Gasteiger partial charge >= 0.3 is 6.18 Å². The SMILES string of the molecule is CN(CC(F)(F)F)C(=O)c1ccc(CCl)cc1. The summed E-state index contributed by atoms with van der Waals surface area (Å²) in [5, 5.41) is 0. The van der Waals surface area contributed by atoms with Gasteiger partial charge in [-0.3, -0.25) is 4.79 Å². The van der Waals surface area contributed by atoms with Gasteiger partial charge in [0.1, 0.15) is 6.54 Å². The summed E-state index contributed by atoms with van der Waals surface area (Å²) < 4.78 is 36.3. The molecule has 6 heteroatoms. The molecular formula is C11H11ClF3NO. The number of benzene rings is 1. The molecule has 2 nitrogen and oxygen atoms in total. The maximum absolute atomic E-state index is 12.1. The van der Waals surface area contributed by atoms with Gasteiger partial charge in [0.25, 0.3) is 5.91 Å². The molecule has 0 saturated heterocycles. The molecule has 0 spiro atoms. The minimum Gasteiger partial charge on any atom is -0.333 e. The first-order chi connectivity index (χ1) is 7.83. The molecule has 1 aromatic rings. The van der Waals surface area contributed by atoms with Crippen LogP contribution in [0, 0.1) is 0 Å². The molecule has 94 valence electrons. The van der Waals surface area contributed by atoms with E-state index in [1.807, 2.05) is 0 Å². The molecule has 17 heavy (non-hydrogen) atoms. The van der Waals surface area contributed by atoms with Gasteiger partial charge in [-0.2, -0.15) is 13.2 Å². The van der Waals surface area contributed by atoms with Crippen LogP contribution >= 0.6 is 11.6 Å². The van der Waals surface area contributed by atoms with Crippen LogP contribution in [0.5, 0.6) is 0 Å². The molecule has 0 aliphatic rings. The van der Waals surface area contributed by atoms with E-state index in [2.05, 4.69) is 0 Å². The summed E-state index contributed by atoms with van der Waals surface area (Å²) in [5.74, 6) is -0.365. The number of nitrogens with zero attached hydrogens (tertiary/aromatic N) is 1. The lowest BCUT2D eigenvalue weighted by Crippen LogP contribution is -2.35. The second-order valence-corrected chi connectivity index (χ2v) is 3.87. The highest BCUT2D eigenvalue weighted by Crippen LogP contribution is 2.17. The molecule has 0 saturated carbocycles. The van der Waals surface area contributed by atoms with Crippen LogP contribution < -0.4 is 0 Å². The van der Waals surface area contributed by atoms with E-state index in [1.165, 1.54) is 12.1 Å². The van der Waals surface area contributed by atoms with E-state index in [9.17, 15) is 18.0 Å². The monoisotopic (exact) mass is 265 g/mol. The maximum Gasteiger partial charge on any atom is 0.406 e. The topological polar surface area (TPSA) is 20.3 Å². The van der Waals surface area contributed by atoms with Crippen LogP contribution in [0.2, 0.25) is 0 Å². The highest BCUT2D eigenvalue weighted by Gasteiger charge is 2.31. The van der Waals surface area contributed by atoms with Crippen LogP contribution in [0.25, 0.3) is 0 Å². The summed E-state index contributed by atoms with van der Waals surface area (Å²) in [6.07, 6.45) is -4.39. The Morgan fingerprint density at radius 3 is 2.24 bits per heavy atom. The fraction of sp³-hybridized carbons (Fsp3) is 0.364. The Hall–Kier alpha value is -1.23. The van der Waals surface area contributed by atoms with Crippen LogP contribution in [0.1, 0.15) is 15.9 Å². The zero-order chi connectivity index (χ0) is 13.1. The molecule has 0 N–H and O–H groups in total. The average Bonchev–Trinajstić information content (AvgIpc) is 2.26. The molecule has 1 rings (SSSR count). The molecule has 1 aromatic carbocycles. The van der Waals surface area contributed by atoms with E-state index in [-0.39, 0.29) is 5.56 Å². The predicted octanol–water partition coefficient (Wildman–Crippen LogP) is 3.06. The van der Waals surface area contributed by atoms with Gasteiger partial charge in [0.15, 0.2) is 0 Å². The third-order valence-electron chi connectivity index (χ3n) is 2.12. The van der Waals surface area contributed by atoms with Crippen LogP contribution in [0.4, 0.5) is 13.2 Å². The van der Waals surface area contributed by atoms with Crippen LogP contribution in [-0.2, 0) is 5.88 Å². The number of alkyl halides is 4. The van der Waals surface area contributed by atoms with Gasteiger partial charge in [-0.05, 0) is 17.7 Å². The lowest BCUT2D eigenvalue weighted by atomic mass is 10.1. The minimum atomic E-state index is -4.39. The molecule has 0 unspecified atom stereocenters. The highest BCUT2D eigenvalue weighted by atomic mass is 35.5. The number of carbonyl (C=O) groups excluding carboxylic acids is 1. The van der Waals surface area contributed by atoms with Crippen molar-refractivity contribution in [3.8, 4) is 0 Å². The fourth-order valence-electron chi connectivity index (χ4n) is 1.30. The molecular weight excluding hydrogens is 255 g/mol. The maximum atomic E-state index is 12.1. The van der Waals surface area contributed by atoms with Crippen molar-refractivity contribution in [2.75, 3.05) is 13.6 Å². The molecule has 0 heterocycles. The Labute approximate surface area is 102 Å². The lowest BCUT2D eigenvalue weighted by molar-refractivity contribution is -0.138. The Kier molecular flexibility index (Phi) is 4.40. The second-order valence-electron chi connectivity index (χ2n) is 3.61. The van der Waals surface area contributed by atoms with Crippen molar-refractivity contribution in [1.29, 1.82) is 0 Å². The molecule has 0 radical (unpaired) electrons. The quantitative estimate of drug-likeness (QED) is 0.769. The zero-order valence-electron chi connectivity index (χ0n) is 9.09. The fourth-order valence-corrected chi connectivity index (χ4v) is 1.48. The Bertz CT molecular complexity index is 389. The molecule has 0 aromatic heterocycles. The van der Waals surface area contributed by atoms with Crippen LogP contribution in [0.3, 0.4) is 0 Å². The summed E-state index contributed by atoms with van der Waals surface area (Å²) in [4.78, 5) is 12.2. The van der Waals surface area contributed by atoms with Crippen molar-refractivity contribution in [2.24, 2.45) is 0 Å². The smallest absolute Gasteiger partial charge is 0.333 e. The van der Waals surface area contributed by atoms with Gasteiger partial charge in [0, 0.05) is 18.5 Å². The Morgan fingerprint density at radius 1 is 1.29 bits per heavy atom. The lowest BCUT2D eigenvalue weighted by Gasteiger charge is -2.18. The van der Waals surface area contributed by atoms with Gasteiger partial charge in [-0.25, -0.2) is 0 Å². The van der Waals surface area contributed by atoms with Crippen molar-refractivity contribution in [1.82, 2.24) is 4.90 Å². The first-order valence-corrected chi connectivity index (χ1v) is 5.34. The van der Waals surface area contributed by atoms with E-state index in [0.717, 1.165) is 12.6 Å². The number of carbonyl (C=O) groups is 1. The third kappa shape index (κ3) is 4.26. The van der Waals surface area contributed by atoms with Crippen LogP contribution in [0.15, 0.2) is 24.3 Å². The standard InChI is InChI=1S/C11H11ClF3NO/c1-16(7-11(13,14)15)10(17)9-4-2-8(6-12)3-5-9/h2-5H,6-7H2,1H3. The molecule has 0 aliphatic heterocycles. The molecule has 0 atom stereocenters. The summed E-state index contributed by atoms with van der Waals surface area (Å²) in [6, 6.07) is 6.16. The minimum absolute atomic E-state index is 0.214. The van der Waals surface area contributed by atoms with Gasteiger partial charge in [-0.1, -0.05) is 12.1 Å². The van der Waals surface area contributed by atoms with Gasteiger partial charge in [0.05, 0.1) is 0 Å². The zero-order valence-corrected chi connectivity index (χ0v) is 9.85. The number of rotatable bonds is 3. The van der Waals surface area contributed by atoms with Crippen molar-refractivity contribution >= 4 is 17.5 Å². The highest BCUT2D eigenvalue weighted by molar-refractivity contribution is 6.17. The molecule has 0 aliphatic carbocycles. The van der Waals surface area contributed by atoms with E-state index in [0.29, 0.717) is 10.8 Å². The Morgan fingerprint density at radius 2 is 1.82 bits per heavy atom. The molecule has 0 bridgehead atoms. The van der Waals surface area contributed by atoms with Gasteiger partial charge < -0.3 is 4.90 Å². The van der Waals surface area contributed by atoms with E-state index >= 15 is 0 Å². The summed E-state index contributed by atoms with van der Waals surface area (Å²) in [5.41, 5.74) is 1.02. The molecule has 0 fully saturated rings. The number of hydrogen-bond donors (Lipinski definition) is 0. The van der Waals surface area contributed by atoms with E-state index in [1.54, 1.807) is 12.1 Å². The van der Waals surface area contributed by atoms with Crippen LogP contribution in [-0.4, -0.2) is 30.6 Å². The normalized spacial score (nSPS) is 11.4. The van der Waals surface area contributed by atoms with Crippen molar-refractivity contribution in [3.63, 3.8) is 0 Å². The van der Waals surface area contributed by atoms with Gasteiger partial charge in [-0.15, -0.1) is 11.6 Å². The summed E-state index contributed by atoms with van der Waals surface area (Å²) in [7, 11) is 1.12. The van der Waals surface area contributed by atoms with E-state index in [4.69, 9.17) is 11.6 Å². The molecule has 1 amide bonds. The first kappa shape index (κ1) is 13.8. The average molecular weight is 266 g/mol. The van der Waals surface area contributed by atoms with Gasteiger partial charge in [0.2, 0.25) is 0 Å². The van der Waals surface area contributed by atoms with Crippen molar-refractivity contribution < 1.29 is 18.0 Å². The second kappa shape index (κ2) is 5.40. The van der Waals surface area contributed by atoms with Crippen molar-refractivity contribution in [3.05, 3.63) is 35.4 Å². The van der Waals surface area contributed by atoms with E-state index < -0.39 is 18.6 Å². The van der Waals surface area contributed by atoms with Crippen molar-refractivity contribution in [2.45, 2.75) is 12.1 Å². The predicted molar refractivity (Wildman–Crippen MR) is 59.0 cm³/mol. The number of amides is 1. The number of hydrogen-bond acceptors (Lipinski definition) is 1. The third-order valence-corrected chi connectivity index (χ3v) is 2.43. The Balaban J connectivity index is 2.75.